The Balaban J connectivity index is 1.31. The molecule has 0 aliphatic carbocycles. The second-order valence-corrected chi connectivity index (χ2v) is 10.8. The quantitative estimate of drug-likeness (QED) is 0.473. The van der Waals surface area contributed by atoms with E-state index in [2.05, 4.69) is 5.32 Å². The van der Waals surface area contributed by atoms with E-state index in [1.165, 1.54) is 0 Å². The van der Waals surface area contributed by atoms with Gasteiger partial charge in [0.05, 0.1) is 11.1 Å². The molecule has 4 amide bonds. The van der Waals surface area contributed by atoms with Gasteiger partial charge in [0.2, 0.25) is 5.91 Å². The van der Waals surface area contributed by atoms with E-state index in [9.17, 15) is 24.3 Å². The maximum absolute atomic E-state index is 13.2. The first-order chi connectivity index (χ1) is 16.5. The smallest absolute Gasteiger partial charge is 0.410 e. The van der Waals surface area contributed by atoms with Crippen LogP contribution < -0.4 is 5.32 Å². The summed E-state index contributed by atoms with van der Waals surface area (Å²) in [5, 5.41) is 12.0. The van der Waals surface area contributed by atoms with Gasteiger partial charge < -0.3 is 20.1 Å². The van der Waals surface area contributed by atoms with Gasteiger partial charge in [-0.15, -0.1) is 0 Å². The van der Waals surface area contributed by atoms with Crippen molar-refractivity contribution in [1.82, 2.24) is 15.1 Å². The van der Waals surface area contributed by atoms with Crippen LogP contribution in [0.15, 0.2) is 18.2 Å². The van der Waals surface area contributed by atoms with Crippen molar-refractivity contribution in [2.24, 2.45) is 5.92 Å². The predicted octanol–water partition coefficient (Wildman–Crippen LogP) is 2.85. The standard InChI is InChI=1S/C26H35N3O6/c1-26(2,3)35-25(34)28-14-13-16(15-28)7-4-5-8-17-9-6-10-18-21(17)24(33)29(23(18)32)19-11-12-20(30)27-22(19)31/h6,9-10,16,19-20,30H,4-5,7-8,11-15H2,1-3H3,(H,27,31). The monoisotopic (exact) mass is 485 g/mol. The van der Waals surface area contributed by atoms with Crippen molar-refractivity contribution in [3.8, 4) is 0 Å². The molecule has 2 fully saturated rings. The molecule has 3 heterocycles. The molecular weight excluding hydrogens is 450 g/mol. The number of nitrogens with zero attached hydrogens (tertiary/aromatic N) is 2. The van der Waals surface area contributed by atoms with Crippen molar-refractivity contribution < 1.29 is 29.0 Å². The third-order valence-electron chi connectivity index (χ3n) is 6.92. The molecule has 0 spiro atoms. The van der Waals surface area contributed by atoms with Gasteiger partial charge in [0, 0.05) is 13.1 Å². The van der Waals surface area contributed by atoms with E-state index in [1.54, 1.807) is 17.0 Å². The number of aliphatic hydroxyl groups is 1. The average Bonchev–Trinajstić information content (AvgIpc) is 3.35. The van der Waals surface area contributed by atoms with Crippen molar-refractivity contribution in [2.75, 3.05) is 13.1 Å². The lowest BCUT2D eigenvalue weighted by Gasteiger charge is -2.31. The summed E-state index contributed by atoms with van der Waals surface area (Å²) in [5.41, 5.74) is 1.06. The molecule has 2 saturated heterocycles. The average molecular weight is 486 g/mol. The van der Waals surface area contributed by atoms with Crippen LogP contribution in [0.2, 0.25) is 0 Å². The molecule has 9 heteroatoms. The zero-order valence-corrected chi connectivity index (χ0v) is 20.7. The topological polar surface area (TPSA) is 116 Å². The van der Waals surface area contributed by atoms with Crippen molar-refractivity contribution in [3.05, 3.63) is 34.9 Å². The molecule has 0 aromatic heterocycles. The number of aryl methyl sites for hydroxylation is 1. The van der Waals surface area contributed by atoms with Crippen LogP contribution in [-0.2, 0) is 16.0 Å². The normalized spacial score (nSPS) is 24.6. The molecule has 1 aromatic carbocycles. The molecule has 9 nitrogen and oxygen atoms in total. The molecule has 2 N–H and O–H groups in total. The number of nitrogens with one attached hydrogen (secondary N) is 1. The molecule has 190 valence electrons. The van der Waals surface area contributed by atoms with Crippen LogP contribution in [0.5, 0.6) is 0 Å². The molecule has 0 radical (unpaired) electrons. The van der Waals surface area contributed by atoms with Crippen LogP contribution in [0, 0.1) is 5.92 Å². The lowest BCUT2D eigenvalue weighted by atomic mass is 9.95. The summed E-state index contributed by atoms with van der Waals surface area (Å²) in [6.45, 7) is 7.01. The van der Waals surface area contributed by atoms with Crippen LogP contribution in [0.25, 0.3) is 0 Å². The minimum absolute atomic E-state index is 0.246. The van der Waals surface area contributed by atoms with Gasteiger partial charge in [-0.25, -0.2) is 4.79 Å². The molecular formula is C26H35N3O6. The first-order valence-corrected chi connectivity index (χ1v) is 12.5. The molecule has 3 aliphatic heterocycles. The minimum Gasteiger partial charge on any atom is -0.444 e. The molecule has 1 aromatic rings. The van der Waals surface area contributed by atoms with Gasteiger partial charge in [-0.1, -0.05) is 18.6 Å². The Morgan fingerprint density at radius 3 is 2.60 bits per heavy atom. The van der Waals surface area contributed by atoms with Gasteiger partial charge in [0.25, 0.3) is 11.8 Å². The molecule has 0 saturated carbocycles. The van der Waals surface area contributed by atoms with E-state index in [-0.39, 0.29) is 12.5 Å². The van der Waals surface area contributed by atoms with E-state index in [0.717, 1.165) is 36.1 Å². The maximum Gasteiger partial charge on any atom is 0.410 e. The Bertz CT molecular complexity index is 1020. The summed E-state index contributed by atoms with van der Waals surface area (Å²) in [4.78, 5) is 53.6. The van der Waals surface area contributed by atoms with Crippen LogP contribution in [0.3, 0.4) is 0 Å². The van der Waals surface area contributed by atoms with Gasteiger partial charge in [-0.2, -0.15) is 0 Å². The third-order valence-corrected chi connectivity index (χ3v) is 6.92. The Labute approximate surface area is 205 Å². The third kappa shape index (κ3) is 5.50. The highest BCUT2D eigenvalue weighted by molar-refractivity contribution is 6.23. The summed E-state index contributed by atoms with van der Waals surface area (Å²) in [6, 6.07) is 4.40. The second kappa shape index (κ2) is 9.97. The highest BCUT2D eigenvalue weighted by Crippen LogP contribution is 2.31. The number of piperidine rings is 1. The summed E-state index contributed by atoms with van der Waals surface area (Å²) < 4.78 is 5.47. The Hall–Kier alpha value is -2.94. The fourth-order valence-corrected chi connectivity index (χ4v) is 5.20. The number of ether oxygens (including phenoxy) is 1. The van der Waals surface area contributed by atoms with Gasteiger partial charge in [0.1, 0.15) is 17.9 Å². The van der Waals surface area contributed by atoms with Crippen molar-refractivity contribution >= 4 is 23.8 Å². The molecule has 4 rings (SSSR count). The SMILES string of the molecule is CC(C)(C)OC(=O)N1CCC(CCCCc2cccc3c2C(=O)N(C2CCC(O)NC2=O)C3=O)C1. The van der Waals surface area contributed by atoms with Gasteiger partial charge in [-0.05, 0) is 76.8 Å². The molecule has 3 aliphatic rings. The predicted molar refractivity (Wildman–Crippen MR) is 128 cm³/mol. The van der Waals surface area contributed by atoms with Crippen molar-refractivity contribution in [2.45, 2.75) is 83.6 Å². The first kappa shape index (κ1) is 25.2. The molecule has 0 bridgehead atoms. The number of amides is 4. The number of imide groups is 1. The zero-order valence-electron chi connectivity index (χ0n) is 20.7. The number of rotatable bonds is 6. The van der Waals surface area contributed by atoms with E-state index in [1.807, 2.05) is 26.8 Å². The van der Waals surface area contributed by atoms with Gasteiger partial charge in [-0.3, -0.25) is 19.3 Å². The molecule has 35 heavy (non-hydrogen) atoms. The molecule has 3 unspecified atom stereocenters. The van der Waals surface area contributed by atoms with Crippen molar-refractivity contribution in [1.29, 1.82) is 0 Å². The highest BCUT2D eigenvalue weighted by atomic mass is 16.6. The number of carbonyl (C=O) groups excluding carboxylic acids is 4. The second-order valence-electron chi connectivity index (χ2n) is 10.8. The number of likely N-dealkylation sites (tertiary alicyclic amines) is 1. The fourth-order valence-electron chi connectivity index (χ4n) is 5.20. The van der Waals surface area contributed by atoms with Crippen LogP contribution in [0.4, 0.5) is 4.79 Å². The maximum atomic E-state index is 13.2. The Morgan fingerprint density at radius 2 is 1.89 bits per heavy atom. The number of carbonyl (C=O) groups is 4. The lowest BCUT2D eigenvalue weighted by Crippen LogP contribution is -2.55. The summed E-state index contributed by atoms with van der Waals surface area (Å²) >= 11 is 0. The lowest BCUT2D eigenvalue weighted by molar-refractivity contribution is -0.131. The molecule has 3 atom stereocenters. The Morgan fingerprint density at radius 1 is 1.11 bits per heavy atom. The summed E-state index contributed by atoms with van der Waals surface area (Å²) in [6.07, 6.45) is 3.75. The van der Waals surface area contributed by atoms with Crippen LogP contribution in [0.1, 0.15) is 85.6 Å². The fraction of sp³-hybridized carbons (Fsp3) is 0.615. The van der Waals surface area contributed by atoms with E-state index in [0.29, 0.717) is 43.0 Å². The number of unbranched alkanes of at least 4 members (excludes halogenated alkanes) is 1. The van der Waals surface area contributed by atoms with Crippen molar-refractivity contribution in [3.63, 3.8) is 0 Å². The number of hydrogen-bond acceptors (Lipinski definition) is 6. The number of benzene rings is 1. The Kier molecular flexibility index (Phi) is 7.17. The summed E-state index contributed by atoms with van der Waals surface area (Å²) in [5.74, 6) is -0.947. The van der Waals surface area contributed by atoms with Gasteiger partial charge in [0.15, 0.2) is 0 Å². The van der Waals surface area contributed by atoms with E-state index < -0.39 is 35.6 Å². The van der Waals surface area contributed by atoms with Crippen LogP contribution >= 0.6 is 0 Å². The van der Waals surface area contributed by atoms with E-state index >= 15 is 0 Å². The minimum atomic E-state index is -0.944. The largest absolute Gasteiger partial charge is 0.444 e. The first-order valence-electron chi connectivity index (χ1n) is 12.5. The van der Waals surface area contributed by atoms with Gasteiger partial charge >= 0.3 is 6.09 Å². The van der Waals surface area contributed by atoms with E-state index in [4.69, 9.17) is 4.74 Å². The van der Waals surface area contributed by atoms with Crippen LogP contribution in [-0.4, -0.2) is 69.7 Å². The zero-order chi connectivity index (χ0) is 25.3. The number of aliphatic hydroxyl groups excluding tert-OH is 1. The number of hydrogen-bond donors (Lipinski definition) is 2. The summed E-state index contributed by atoms with van der Waals surface area (Å²) in [7, 11) is 0. The highest BCUT2D eigenvalue weighted by Gasteiger charge is 2.45. The number of fused-ring (bicyclic) bond motifs is 1.